The van der Waals surface area contributed by atoms with Gasteiger partial charge < -0.3 is 0 Å². The van der Waals surface area contributed by atoms with E-state index in [4.69, 9.17) is 0 Å². The second-order valence-corrected chi connectivity index (χ2v) is 5.32. The molecule has 15 heavy (non-hydrogen) atoms. The van der Waals surface area contributed by atoms with Crippen molar-refractivity contribution in [3.8, 4) is 0 Å². The zero-order valence-electron chi connectivity index (χ0n) is 9.17. The Bertz CT molecular complexity index is 398. The third-order valence-corrected chi connectivity index (χ3v) is 3.87. The molecule has 1 aromatic heterocycles. The van der Waals surface area contributed by atoms with Crippen molar-refractivity contribution in [3.63, 3.8) is 0 Å². The predicted molar refractivity (Wildman–Crippen MR) is 62.2 cm³/mol. The SMILES string of the molecule is Cc1nc(CC2=CCC(=O)CC2)sc1C. The van der Waals surface area contributed by atoms with Crippen LogP contribution in [-0.4, -0.2) is 10.8 Å². The molecule has 2 nitrogen and oxygen atoms in total. The second kappa shape index (κ2) is 4.27. The van der Waals surface area contributed by atoms with Crippen LogP contribution in [0.25, 0.3) is 0 Å². The maximum absolute atomic E-state index is 11.1. The fourth-order valence-electron chi connectivity index (χ4n) is 1.73. The summed E-state index contributed by atoms with van der Waals surface area (Å²) >= 11 is 1.77. The van der Waals surface area contributed by atoms with Gasteiger partial charge in [-0.25, -0.2) is 4.98 Å². The van der Waals surface area contributed by atoms with E-state index in [9.17, 15) is 4.79 Å². The Morgan fingerprint density at radius 2 is 2.20 bits per heavy atom. The molecule has 0 bridgehead atoms. The van der Waals surface area contributed by atoms with Crippen LogP contribution in [-0.2, 0) is 11.2 Å². The van der Waals surface area contributed by atoms with E-state index in [2.05, 4.69) is 18.0 Å². The maximum atomic E-state index is 11.1. The average molecular weight is 221 g/mol. The largest absolute Gasteiger partial charge is 0.299 e. The van der Waals surface area contributed by atoms with Crippen molar-refractivity contribution in [2.24, 2.45) is 0 Å². The van der Waals surface area contributed by atoms with Crippen LogP contribution in [0.3, 0.4) is 0 Å². The molecule has 0 aliphatic heterocycles. The summed E-state index contributed by atoms with van der Waals surface area (Å²) in [7, 11) is 0. The van der Waals surface area contributed by atoms with Gasteiger partial charge in [-0.1, -0.05) is 11.6 Å². The Kier molecular flexibility index (Phi) is 3.00. The summed E-state index contributed by atoms with van der Waals surface area (Å²) in [6.07, 6.45) is 5.29. The topological polar surface area (TPSA) is 30.0 Å². The smallest absolute Gasteiger partial charge is 0.136 e. The molecule has 0 aromatic carbocycles. The molecular weight excluding hydrogens is 206 g/mol. The number of carbonyl (C=O) groups is 1. The van der Waals surface area contributed by atoms with Crippen LogP contribution in [0.2, 0.25) is 0 Å². The van der Waals surface area contributed by atoms with Gasteiger partial charge in [-0.3, -0.25) is 4.79 Å². The Morgan fingerprint density at radius 3 is 2.73 bits per heavy atom. The average Bonchev–Trinajstić information content (AvgIpc) is 2.50. The van der Waals surface area contributed by atoms with Gasteiger partial charge in [0.2, 0.25) is 0 Å². The number of carbonyl (C=O) groups excluding carboxylic acids is 1. The number of Topliss-reactive ketones (excluding diaryl/α,β-unsaturated/α-hetero) is 1. The highest BCUT2D eigenvalue weighted by atomic mass is 32.1. The Labute approximate surface area is 94.0 Å². The van der Waals surface area contributed by atoms with Gasteiger partial charge in [0.15, 0.2) is 0 Å². The second-order valence-electron chi connectivity index (χ2n) is 4.03. The molecule has 0 N–H and O–H groups in total. The first-order chi connectivity index (χ1) is 7.15. The lowest BCUT2D eigenvalue weighted by molar-refractivity contribution is -0.118. The van der Waals surface area contributed by atoms with E-state index in [-0.39, 0.29) is 0 Å². The van der Waals surface area contributed by atoms with E-state index in [1.165, 1.54) is 15.5 Å². The van der Waals surface area contributed by atoms with Crippen LogP contribution in [0, 0.1) is 13.8 Å². The zero-order valence-corrected chi connectivity index (χ0v) is 9.99. The van der Waals surface area contributed by atoms with Gasteiger partial charge in [0, 0.05) is 24.1 Å². The number of nitrogens with zero attached hydrogens (tertiary/aromatic N) is 1. The molecule has 0 saturated heterocycles. The molecule has 0 amide bonds. The van der Waals surface area contributed by atoms with Crippen molar-refractivity contribution in [2.75, 3.05) is 0 Å². The number of hydrogen-bond acceptors (Lipinski definition) is 3. The lowest BCUT2D eigenvalue weighted by Crippen LogP contribution is -2.05. The van der Waals surface area contributed by atoms with Crippen molar-refractivity contribution in [3.05, 3.63) is 27.2 Å². The standard InChI is InChI=1S/C12H15NOS/c1-8-9(2)15-12(13-8)7-10-3-5-11(14)6-4-10/h3H,4-7H2,1-2H3. The summed E-state index contributed by atoms with van der Waals surface area (Å²) in [6, 6.07) is 0. The quantitative estimate of drug-likeness (QED) is 0.719. The van der Waals surface area contributed by atoms with Gasteiger partial charge >= 0.3 is 0 Å². The van der Waals surface area contributed by atoms with E-state index in [1.54, 1.807) is 11.3 Å². The first-order valence-corrected chi connectivity index (χ1v) is 6.09. The van der Waals surface area contributed by atoms with Crippen LogP contribution in [0.4, 0.5) is 0 Å². The molecule has 2 rings (SSSR count). The summed E-state index contributed by atoms with van der Waals surface area (Å²) in [5.41, 5.74) is 2.52. The van der Waals surface area contributed by atoms with Crippen molar-refractivity contribution >= 4 is 17.1 Å². The monoisotopic (exact) mass is 221 g/mol. The van der Waals surface area contributed by atoms with Gasteiger partial charge in [0.05, 0.1) is 10.7 Å². The lowest BCUT2D eigenvalue weighted by Gasteiger charge is -2.10. The maximum Gasteiger partial charge on any atom is 0.136 e. The minimum absolute atomic E-state index is 0.366. The summed E-state index contributed by atoms with van der Waals surface area (Å²) in [5.74, 6) is 0.366. The fourth-order valence-corrected chi connectivity index (χ4v) is 2.72. The van der Waals surface area contributed by atoms with Gasteiger partial charge in [0.25, 0.3) is 0 Å². The molecule has 1 aliphatic carbocycles. The fraction of sp³-hybridized carbons (Fsp3) is 0.500. The van der Waals surface area contributed by atoms with E-state index in [0.29, 0.717) is 12.2 Å². The molecule has 0 radical (unpaired) electrons. The number of thiazole rings is 1. The van der Waals surface area contributed by atoms with E-state index in [0.717, 1.165) is 25.0 Å². The van der Waals surface area contributed by atoms with Crippen molar-refractivity contribution in [2.45, 2.75) is 39.5 Å². The van der Waals surface area contributed by atoms with Crippen LogP contribution in [0.5, 0.6) is 0 Å². The van der Waals surface area contributed by atoms with Crippen molar-refractivity contribution in [1.82, 2.24) is 4.98 Å². The number of allylic oxidation sites excluding steroid dienone is 2. The molecule has 3 heteroatoms. The first-order valence-electron chi connectivity index (χ1n) is 5.27. The van der Waals surface area contributed by atoms with Crippen LogP contribution >= 0.6 is 11.3 Å². The van der Waals surface area contributed by atoms with Crippen LogP contribution in [0.1, 0.15) is 34.8 Å². The molecule has 0 unspecified atom stereocenters. The Hall–Kier alpha value is -0.960. The minimum Gasteiger partial charge on any atom is -0.299 e. The summed E-state index contributed by atoms with van der Waals surface area (Å²) < 4.78 is 0. The normalized spacial score (nSPS) is 16.7. The minimum atomic E-state index is 0.366. The Balaban J connectivity index is 2.06. The highest BCUT2D eigenvalue weighted by molar-refractivity contribution is 7.11. The third kappa shape index (κ3) is 2.53. The lowest BCUT2D eigenvalue weighted by atomic mass is 9.96. The molecule has 1 heterocycles. The van der Waals surface area contributed by atoms with E-state index < -0.39 is 0 Å². The van der Waals surface area contributed by atoms with E-state index in [1.807, 2.05) is 6.92 Å². The van der Waals surface area contributed by atoms with Gasteiger partial charge in [-0.2, -0.15) is 0 Å². The molecule has 0 fully saturated rings. The Morgan fingerprint density at radius 1 is 1.40 bits per heavy atom. The van der Waals surface area contributed by atoms with Crippen molar-refractivity contribution in [1.29, 1.82) is 0 Å². The molecule has 0 atom stereocenters. The number of hydrogen-bond donors (Lipinski definition) is 0. The van der Waals surface area contributed by atoms with Crippen molar-refractivity contribution < 1.29 is 4.79 Å². The summed E-state index contributed by atoms with van der Waals surface area (Å²) in [4.78, 5) is 16.9. The zero-order chi connectivity index (χ0) is 10.8. The van der Waals surface area contributed by atoms with E-state index >= 15 is 0 Å². The third-order valence-electron chi connectivity index (χ3n) is 2.79. The van der Waals surface area contributed by atoms with Crippen LogP contribution in [0.15, 0.2) is 11.6 Å². The highest BCUT2D eigenvalue weighted by Gasteiger charge is 2.12. The van der Waals surface area contributed by atoms with Gasteiger partial charge in [-0.15, -0.1) is 11.3 Å². The van der Waals surface area contributed by atoms with Crippen LogP contribution < -0.4 is 0 Å². The summed E-state index contributed by atoms with van der Waals surface area (Å²) in [6.45, 7) is 4.16. The van der Waals surface area contributed by atoms with Gasteiger partial charge in [-0.05, 0) is 20.3 Å². The molecule has 1 aliphatic rings. The molecular formula is C12H15NOS. The molecule has 0 spiro atoms. The molecule has 0 saturated carbocycles. The number of aromatic nitrogens is 1. The summed E-state index contributed by atoms with van der Waals surface area (Å²) in [5, 5.41) is 1.19. The number of aryl methyl sites for hydroxylation is 2. The number of ketones is 1. The number of rotatable bonds is 2. The molecule has 1 aromatic rings. The molecule has 80 valence electrons. The first kappa shape index (κ1) is 10.6. The predicted octanol–water partition coefficient (Wildman–Crippen LogP) is 2.98. The van der Waals surface area contributed by atoms with Gasteiger partial charge in [0.1, 0.15) is 5.78 Å². The highest BCUT2D eigenvalue weighted by Crippen LogP contribution is 2.23.